The molecule has 1 aliphatic rings. The van der Waals surface area contributed by atoms with Gasteiger partial charge in [0.15, 0.2) is 5.96 Å². The Bertz CT molecular complexity index is 189. The molecule has 3 nitrogen and oxygen atoms in total. The molecule has 1 heterocycles. The summed E-state index contributed by atoms with van der Waals surface area (Å²) < 4.78 is 0. The average molecular weight is 197 g/mol. The van der Waals surface area contributed by atoms with Crippen LogP contribution in [0.4, 0.5) is 0 Å². The van der Waals surface area contributed by atoms with Crippen molar-refractivity contribution in [2.24, 2.45) is 10.7 Å². The third-order valence-corrected chi connectivity index (χ3v) is 3.01. The lowest BCUT2D eigenvalue weighted by molar-refractivity contribution is 0.366. The van der Waals surface area contributed by atoms with Crippen molar-refractivity contribution in [1.29, 1.82) is 0 Å². The summed E-state index contributed by atoms with van der Waals surface area (Å²) in [6.07, 6.45) is 7.99. The summed E-state index contributed by atoms with van der Waals surface area (Å²) in [4.78, 5) is 6.34. The molecule has 0 aromatic carbocycles. The first-order valence-electron chi connectivity index (χ1n) is 5.78. The van der Waals surface area contributed by atoms with E-state index in [0.717, 1.165) is 6.54 Å². The molecule has 0 aliphatic carbocycles. The molecule has 1 aliphatic heterocycles. The maximum Gasteiger partial charge on any atom is 0.191 e. The van der Waals surface area contributed by atoms with Crippen LogP contribution in [0.3, 0.4) is 0 Å². The molecule has 0 aromatic heterocycles. The van der Waals surface area contributed by atoms with Crippen molar-refractivity contribution in [2.45, 2.75) is 51.5 Å². The Hall–Kier alpha value is -0.730. The van der Waals surface area contributed by atoms with Crippen LogP contribution in [0.25, 0.3) is 0 Å². The Morgan fingerprint density at radius 1 is 1.36 bits per heavy atom. The van der Waals surface area contributed by atoms with Gasteiger partial charge in [-0.1, -0.05) is 39.0 Å². The van der Waals surface area contributed by atoms with Crippen LogP contribution in [0, 0.1) is 0 Å². The molecular weight excluding hydrogens is 174 g/mol. The highest BCUT2D eigenvalue weighted by atomic mass is 15.3. The normalized spacial score (nSPS) is 21.4. The predicted molar refractivity (Wildman–Crippen MR) is 61.4 cm³/mol. The van der Waals surface area contributed by atoms with E-state index >= 15 is 0 Å². The minimum absolute atomic E-state index is 0.566. The first kappa shape index (κ1) is 11.3. The smallest absolute Gasteiger partial charge is 0.191 e. The zero-order valence-electron chi connectivity index (χ0n) is 9.50. The molecule has 0 saturated carbocycles. The van der Waals surface area contributed by atoms with Gasteiger partial charge in [0.2, 0.25) is 0 Å². The Kier molecular flexibility index (Phi) is 4.77. The van der Waals surface area contributed by atoms with Crippen molar-refractivity contribution in [3.8, 4) is 0 Å². The van der Waals surface area contributed by atoms with E-state index in [4.69, 9.17) is 5.73 Å². The predicted octanol–water partition coefficient (Wildman–Crippen LogP) is 1.98. The SMILES string of the molecule is CCCCCCCC1CN=C(N)N1C. The van der Waals surface area contributed by atoms with Gasteiger partial charge in [-0.25, -0.2) is 0 Å². The van der Waals surface area contributed by atoms with Gasteiger partial charge in [-0.2, -0.15) is 0 Å². The standard InChI is InChI=1S/C11H23N3/c1-3-4-5-6-7-8-10-9-13-11(12)14(10)2/h10H,3-9H2,1-2H3,(H2,12,13). The van der Waals surface area contributed by atoms with Gasteiger partial charge in [0.1, 0.15) is 0 Å². The molecule has 0 fully saturated rings. The summed E-state index contributed by atoms with van der Waals surface area (Å²) in [6.45, 7) is 3.15. The molecule has 0 bridgehead atoms. The lowest BCUT2D eigenvalue weighted by Gasteiger charge is -2.20. The third kappa shape index (κ3) is 3.20. The summed E-state index contributed by atoms with van der Waals surface area (Å²) in [5.41, 5.74) is 5.70. The fourth-order valence-corrected chi connectivity index (χ4v) is 1.89. The number of nitrogens with zero attached hydrogens (tertiary/aromatic N) is 2. The first-order chi connectivity index (χ1) is 6.75. The second kappa shape index (κ2) is 5.89. The van der Waals surface area contributed by atoms with Gasteiger partial charge in [-0.05, 0) is 6.42 Å². The maximum atomic E-state index is 5.70. The summed E-state index contributed by atoms with van der Waals surface area (Å²) in [6, 6.07) is 0.566. The summed E-state index contributed by atoms with van der Waals surface area (Å²) in [5, 5.41) is 0. The number of likely N-dealkylation sites (N-methyl/N-ethyl adjacent to an activating group) is 1. The zero-order valence-corrected chi connectivity index (χ0v) is 9.50. The minimum atomic E-state index is 0.566. The Morgan fingerprint density at radius 3 is 2.64 bits per heavy atom. The third-order valence-electron chi connectivity index (χ3n) is 3.01. The number of rotatable bonds is 6. The van der Waals surface area contributed by atoms with Crippen LogP contribution < -0.4 is 5.73 Å². The van der Waals surface area contributed by atoms with Crippen LogP contribution in [-0.4, -0.2) is 30.5 Å². The van der Waals surface area contributed by atoms with Gasteiger partial charge in [0, 0.05) is 7.05 Å². The highest BCUT2D eigenvalue weighted by Crippen LogP contribution is 2.14. The first-order valence-corrected chi connectivity index (χ1v) is 5.78. The number of guanidine groups is 1. The molecule has 82 valence electrons. The average Bonchev–Trinajstić information content (AvgIpc) is 2.49. The quantitative estimate of drug-likeness (QED) is 0.661. The van der Waals surface area contributed by atoms with Crippen LogP contribution in [0.2, 0.25) is 0 Å². The lowest BCUT2D eigenvalue weighted by Crippen LogP contribution is -2.37. The number of unbranched alkanes of at least 4 members (excludes halogenated alkanes) is 4. The second-order valence-corrected chi connectivity index (χ2v) is 4.17. The topological polar surface area (TPSA) is 41.6 Å². The molecule has 1 atom stereocenters. The number of hydrogen-bond donors (Lipinski definition) is 1. The van der Waals surface area contributed by atoms with Crippen LogP contribution in [0.5, 0.6) is 0 Å². The minimum Gasteiger partial charge on any atom is -0.370 e. The fourth-order valence-electron chi connectivity index (χ4n) is 1.89. The van der Waals surface area contributed by atoms with E-state index in [1.54, 1.807) is 0 Å². The summed E-state index contributed by atoms with van der Waals surface area (Å²) in [7, 11) is 2.04. The van der Waals surface area contributed by atoms with Crippen molar-refractivity contribution in [3.05, 3.63) is 0 Å². The Labute approximate surface area is 87.4 Å². The van der Waals surface area contributed by atoms with Crippen LogP contribution in [-0.2, 0) is 0 Å². The molecule has 1 unspecified atom stereocenters. The molecule has 3 heteroatoms. The number of nitrogens with two attached hydrogens (primary N) is 1. The van der Waals surface area contributed by atoms with Gasteiger partial charge in [0.25, 0.3) is 0 Å². The van der Waals surface area contributed by atoms with Crippen molar-refractivity contribution in [3.63, 3.8) is 0 Å². The molecule has 0 amide bonds. The molecular formula is C11H23N3. The van der Waals surface area contributed by atoms with Crippen LogP contribution >= 0.6 is 0 Å². The fraction of sp³-hybridized carbons (Fsp3) is 0.909. The zero-order chi connectivity index (χ0) is 10.4. The largest absolute Gasteiger partial charge is 0.370 e. The van der Waals surface area contributed by atoms with E-state index < -0.39 is 0 Å². The molecule has 2 N–H and O–H groups in total. The maximum absolute atomic E-state index is 5.70. The van der Waals surface area contributed by atoms with Crippen molar-refractivity contribution in [1.82, 2.24) is 4.90 Å². The van der Waals surface area contributed by atoms with E-state index in [1.807, 2.05) is 7.05 Å². The van der Waals surface area contributed by atoms with Gasteiger partial charge in [-0.15, -0.1) is 0 Å². The van der Waals surface area contributed by atoms with Crippen LogP contribution in [0.1, 0.15) is 45.4 Å². The van der Waals surface area contributed by atoms with E-state index in [-0.39, 0.29) is 0 Å². The second-order valence-electron chi connectivity index (χ2n) is 4.17. The summed E-state index contributed by atoms with van der Waals surface area (Å²) >= 11 is 0. The van der Waals surface area contributed by atoms with Gasteiger partial charge in [-0.3, -0.25) is 4.99 Å². The molecule has 0 aromatic rings. The highest BCUT2D eigenvalue weighted by Gasteiger charge is 2.20. The van der Waals surface area contributed by atoms with Crippen molar-refractivity contribution in [2.75, 3.05) is 13.6 Å². The Morgan fingerprint density at radius 2 is 2.07 bits per heavy atom. The molecule has 0 radical (unpaired) electrons. The monoisotopic (exact) mass is 197 g/mol. The highest BCUT2D eigenvalue weighted by molar-refractivity contribution is 5.79. The van der Waals surface area contributed by atoms with Crippen LogP contribution in [0.15, 0.2) is 4.99 Å². The molecule has 14 heavy (non-hydrogen) atoms. The number of hydrogen-bond acceptors (Lipinski definition) is 3. The number of aliphatic imine (C=N–C) groups is 1. The van der Waals surface area contributed by atoms with Gasteiger partial charge < -0.3 is 10.6 Å². The van der Waals surface area contributed by atoms with E-state index in [2.05, 4.69) is 16.8 Å². The Balaban J connectivity index is 2.03. The van der Waals surface area contributed by atoms with Gasteiger partial charge >= 0.3 is 0 Å². The van der Waals surface area contributed by atoms with Crippen molar-refractivity contribution >= 4 is 5.96 Å². The lowest BCUT2D eigenvalue weighted by atomic mass is 10.1. The molecule has 1 rings (SSSR count). The molecule has 0 spiro atoms. The van der Waals surface area contributed by atoms with Crippen molar-refractivity contribution < 1.29 is 0 Å². The van der Waals surface area contributed by atoms with E-state index in [9.17, 15) is 0 Å². The van der Waals surface area contributed by atoms with E-state index in [1.165, 1.54) is 38.5 Å². The molecule has 0 saturated heterocycles. The van der Waals surface area contributed by atoms with E-state index in [0.29, 0.717) is 12.0 Å². The summed E-state index contributed by atoms with van der Waals surface area (Å²) in [5.74, 6) is 0.712. The van der Waals surface area contributed by atoms with Gasteiger partial charge in [0.05, 0.1) is 12.6 Å².